The number of ether oxygens (including phenoxy) is 1. The van der Waals surface area contributed by atoms with Gasteiger partial charge in [-0.3, -0.25) is 9.59 Å². The molecule has 0 unspecified atom stereocenters. The summed E-state index contributed by atoms with van der Waals surface area (Å²) in [7, 11) is 0. The Morgan fingerprint density at radius 2 is 1.56 bits per heavy atom. The smallest absolute Gasteiger partial charge is 0.265 e. The van der Waals surface area contributed by atoms with Crippen LogP contribution >= 0.6 is 11.6 Å². The van der Waals surface area contributed by atoms with Gasteiger partial charge in [0.1, 0.15) is 5.75 Å². The molecule has 5 heteroatoms. The maximum Gasteiger partial charge on any atom is 0.265 e. The van der Waals surface area contributed by atoms with E-state index in [1.807, 2.05) is 24.3 Å². The lowest BCUT2D eigenvalue weighted by Crippen LogP contribution is -2.30. The molecular weight excluding hydrogens is 362 g/mol. The second-order valence-corrected chi connectivity index (χ2v) is 6.38. The molecule has 3 aromatic carbocycles. The summed E-state index contributed by atoms with van der Waals surface area (Å²) in [4.78, 5) is 25.4. The van der Waals surface area contributed by atoms with Crippen molar-refractivity contribution in [1.82, 2.24) is 0 Å². The first-order valence-electron chi connectivity index (χ1n) is 8.46. The van der Waals surface area contributed by atoms with Crippen molar-refractivity contribution in [3.63, 3.8) is 0 Å². The summed E-state index contributed by atoms with van der Waals surface area (Å²) in [5, 5.41) is 3.18. The number of amides is 1. The lowest BCUT2D eigenvalue weighted by molar-refractivity contribution is -0.122. The van der Waals surface area contributed by atoms with Gasteiger partial charge in [0.25, 0.3) is 5.91 Å². The average Bonchev–Trinajstić information content (AvgIpc) is 2.70. The summed E-state index contributed by atoms with van der Waals surface area (Å²) < 4.78 is 5.63. The Morgan fingerprint density at radius 1 is 0.926 bits per heavy atom. The Morgan fingerprint density at radius 3 is 2.22 bits per heavy atom. The quantitative estimate of drug-likeness (QED) is 0.615. The second-order valence-electron chi connectivity index (χ2n) is 5.95. The van der Waals surface area contributed by atoms with Crippen LogP contribution in [0.3, 0.4) is 0 Å². The molecule has 4 nitrogen and oxygen atoms in total. The van der Waals surface area contributed by atoms with Gasteiger partial charge in [-0.15, -0.1) is 0 Å². The number of hydrogen-bond donors (Lipinski definition) is 1. The Balaban J connectivity index is 1.80. The van der Waals surface area contributed by atoms with Crippen LogP contribution in [0.5, 0.6) is 5.75 Å². The van der Waals surface area contributed by atoms with Gasteiger partial charge < -0.3 is 10.1 Å². The van der Waals surface area contributed by atoms with E-state index in [4.69, 9.17) is 16.3 Å². The van der Waals surface area contributed by atoms with E-state index in [0.29, 0.717) is 27.6 Å². The van der Waals surface area contributed by atoms with E-state index in [-0.39, 0.29) is 11.7 Å². The van der Waals surface area contributed by atoms with Crippen LogP contribution < -0.4 is 10.1 Å². The molecule has 136 valence electrons. The van der Waals surface area contributed by atoms with E-state index in [1.54, 1.807) is 61.5 Å². The van der Waals surface area contributed by atoms with E-state index in [0.717, 1.165) is 0 Å². The maximum absolute atomic E-state index is 12.8. The largest absolute Gasteiger partial charge is 0.481 e. The van der Waals surface area contributed by atoms with Crippen LogP contribution in [-0.2, 0) is 4.79 Å². The summed E-state index contributed by atoms with van der Waals surface area (Å²) in [6.45, 7) is 1.65. The Labute approximate surface area is 162 Å². The fourth-order valence-electron chi connectivity index (χ4n) is 2.55. The van der Waals surface area contributed by atoms with Crippen molar-refractivity contribution in [2.45, 2.75) is 13.0 Å². The summed E-state index contributed by atoms with van der Waals surface area (Å²) in [5.41, 5.74) is 1.24. The minimum Gasteiger partial charge on any atom is -0.481 e. The number of halogens is 1. The van der Waals surface area contributed by atoms with E-state index in [1.165, 1.54) is 0 Å². The number of nitrogens with one attached hydrogen (secondary N) is 1. The summed E-state index contributed by atoms with van der Waals surface area (Å²) in [6.07, 6.45) is -0.734. The highest BCUT2D eigenvalue weighted by Gasteiger charge is 2.19. The van der Waals surface area contributed by atoms with Gasteiger partial charge in [-0.25, -0.2) is 0 Å². The molecule has 0 fully saturated rings. The number of hydrogen-bond acceptors (Lipinski definition) is 3. The number of rotatable bonds is 6. The molecule has 0 heterocycles. The maximum atomic E-state index is 12.8. The summed E-state index contributed by atoms with van der Waals surface area (Å²) in [5.74, 6) is 0.0187. The lowest BCUT2D eigenvalue weighted by atomic mass is 10.0. The third kappa shape index (κ3) is 4.74. The van der Waals surface area contributed by atoms with E-state index < -0.39 is 6.10 Å². The molecule has 0 saturated carbocycles. The van der Waals surface area contributed by atoms with Crippen LogP contribution in [0.2, 0.25) is 5.02 Å². The van der Waals surface area contributed by atoms with Gasteiger partial charge in [0, 0.05) is 16.1 Å². The minimum atomic E-state index is -0.734. The molecule has 0 saturated heterocycles. The third-order valence-corrected chi connectivity index (χ3v) is 4.18. The number of benzene rings is 3. The summed E-state index contributed by atoms with van der Waals surface area (Å²) in [6, 6.07) is 22.7. The second kappa shape index (κ2) is 8.52. The number of carbonyl (C=O) groups is 2. The monoisotopic (exact) mass is 379 g/mol. The molecule has 0 aromatic heterocycles. The Kier molecular flexibility index (Phi) is 5.89. The van der Waals surface area contributed by atoms with Gasteiger partial charge in [0.2, 0.25) is 0 Å². The normalized spacial score (nSPS) is 11.5. The standard InChI is InChI=1S/C22H18ClNO3/c1-15(27-18-10-6-3-7-11-18)22(26)24-20-13-12-17(23)14-19(20)21(25)16-8-4-2-5-9-16/h2-15H,1H3,(H,24,26)/t15-/m0/s1. The number of anilines is 1. The van der Waals surface area contributed by atoms with Gasteiger partial charge in [0.15, 0.2) is 11.9 Å². The van der Waals surface area contributed by atoms with E-state index >= 15 is 0 Å². The first kappa shape index (κ1) is 18.7. The number of carbonyl (C=O) groups excluding carboxylic acids is 2. The molecule has 3 rings (SSSR count). The van der Waals surface area contributed by atoms with E-state index in [2.05, 4.69) is 5.32 Å². The first-order chi connectivity index (χ1) is 13.0. The molecule has 3 aromatic rings. The fourth-order valence-corrected chi connectivity index (χ4v) is 2.72. The highest BCUT2D eigenvalue weighted by molar-refractivity contribution is 6.31. The lowest BCUT2D eigenvalue weighted by Gasteiger charge is -2.16. The highest BCUT2D eigenvalue weighted by atomic mass is 35.5. The first-order valence-corrected chi connectivity index (χ1v) is 8.84. The van der Waals surface area contributed by atoms with Crippen molar-refractivity contribution in [1.29, 1.82) is 0 Å². The van der Waals surface area contributed by atoms with Crippen LogP contribution in [-0.4, -0.2) is 17.8 Å². The third-order valence-electron chi connectivity index (χ3n) is 3.95. The van der Waals surface area contributed by atoms with Crippen molar-refractivity contribution < 1.29 is 14.3 Å². The van der Waals surface area contributed by atoms with Crippen LogP contribution in [0.4, 0.5) is 5.69 Å². The molecule has 1 amide bonds. The van der Waals surface area contributed by atoms with Crippen LogP contribution in [0.25, 0.3) is 0 Å². The SMILES string of the molecule is C[C@H](Oc1ccccc1)C(=O)Nc1ccc(Cl)cc1C(=O)c1ccccc1. The highest BCUT2D eigenvalue weighted by Crippen LogP contribution is 2.24. The molecule has 0 radical (unpaired) electrons. The zero-order valence-corrected chi connectivity index (χ0v) is 15.4. The van der Waals surface area contributed by atoms with Crippen molar-refractivity contribution in [3.8, 4) is 5.75 Å². The topological polar surface area (TPSA) is 55.4 Å². The Bertz CT molecular complexity index is 942. The van der Waals surface area contributed by atoms with Gasteiger partial charge in [-0.1, -0.05) is 60.1 Å². The molecule has 27 heavy (non-hydrogen) atoms. The van der Waals surface area contributed by atoms with E-state index in [9.17, 15) is 9.59 Å². The predicted octanol–water partition coefficient (Wildman–Crippen LogP) is 4.98. The molecule has 1 N–H and O–H groups in total. The van der Waals surface area contributed by atoms with Crippen molar-refractivity contribution in [2.75, 3.05) is 5.32 Å². The van der Waals surface area contributed by atoms with Gasteiger partial charge in [-0.2, -0.15) is 0 Å². The molecular formula is C22H18ClNO3. The van der Waals surface area contributed by atoms with Gasteiger partial charge in [0.05, 0.1) is 5.69 Å². The van der Waals surface area contributed by atoms with Crippen LogP contribution in [0, 0.1) is 0 Å². The van der Waals surface area contributed by atoms with Crippen LogP contribution in [0.15, 0.2) is 78.9 Å². The van der Waals surface area contributed by atoms with Crippen molar-refractivity contribution in [2.24, 2.45) is 0 Å². The molecule has 0 aliphatic heterocycles. The number of para-hydroxylation sites is 1. The Hall–Kier alpha value is -3.11. The fraction of sp³-hybridized carbons (Fsp3) is 0.0909. The molecule has 0 aliphatic carbocycles. The zero-order valence-electron chi connectivity index (χ0n) is 14.7. The average molecular weight is 380 g/mol. The number of ketones is 1. The summed E-state index contributed by atoms with van der Waals surface area (Å²) >= 11 is 6.07. The van der Waals surface area contributed by atoms with Crippen LogP contribution in [0.1, 0.15) is 22.8 Å². The zero-order chi connectivity index (χ0) is 19.2. The predicted molar refractivity (Wildman–Crippen MR) is 106 cm³/mol. The van der Waals surface area contributed by atoms with Gasteiger partial charge >= 0.3 is 0 Å². The molecule has 1 atom stereocenters. The van der Waals surface area contributed by atoms with Crippen molar-refractivity contribution >= 4 is 29.0 Å². The van der Waals surface area contributed by atoms with Gasteiger partial charge in [-0.05, 0) is 37.3 Å². The molecule has 0 bridgehead atoms. The molecule has 0 aliphatic rings. The molecule has 0 spiro atoms. The van der Waals surface area contributed by atoms with Crippen molar-refractivity contribution in [3.05, 3.63) is 95.0 Å². The minimum absolute atomic E-state index is 0.218.